The number of aryl methyl sites for hydroxylation is 1. The van der Waals surface area contributed by atoms with Gasteiger partial charge in [-0.2, -0.15) is 0 Å². The summed E-state index contributed by atoms with van der Waals surface area (Å²) in [5, 5.41) is 15.4. The van der Waals surface area contributed by atoms with Gasteiger partial charge in [-0.3, -0.25) is 4.98 Å². The standard InChI is InChI=1S/C48H31N3/c1-2-51-43-24-22-33(27-42(43)50-48(51)32-9-4-3-5-10-32)35-21-23-41(49-28-35)36-25-34-20-19-31-12-7-15-38-37-14-6-11-29-17-18-30-13-8-16-39(46(30)44(29)37)40(26-36)47(34)45(31)38/h3-28H,2H2,1H3. The Morgan fingerprint density at radius 1 is 0.451 bits per heavy atom. The van der Waals surface area contributed by atoms with Gasteiger partial charge in [-0.25, -0.2) is 4.98 Å². The number of nitrogens with zero attached hydrogens (tertiary/aromatic N) is 3. The maximum absolute atomic E-state index is 5.09. The number of aromatic nitrogens is 3. The molecule has 0 saturated carbocycles. The average Bonchev–Trinajstić information content (AvgIpc) is 3.57. The lowest BCUT2D eigenvalue weighted by atomic mass is 9.87. The van der Waals surface area contributed by atoms with Gasteiger partial charge in [0, 0.05) is 29.4 Å². The van der Waals surface area contributed by atoms with E-state index in [0.29, 0.717) is 0 Å². The van der Waals surface area contributed by atoms with E-state index in [-0.39, 0.29) is 0 Å². The van der Waals surface area contributed by atoms with Crippen LogP contribution in [0.5, 0.6) is 0 Å². The summed E-state index contributed by atoms with van der Waals surface area (Å²) in [7, 11) is 0. The number of pyridine rings is 1. The van der Waals surface area contributed by atoms with Gasteiger partial charge >= 0.3 is 0 Å². The number of imidazole rings is 1. The first-order chi connectivity index (χ1) is 25.2. The van der Waals surface area contributed by atoms with E-state index in [1.54, 1.807) is 0 Å². The van der Waals surface area contributed by atoms with Gasteiger partial charge in [0.05, 0.1) is 16.7 Å². The molecule has 0 radical (unpaired) electrons. The minimum absolute atomic E-state index is 0.858. The highest BCUT2D eigenvalue weighted by Crippen LogP contribution is 2.44. The highest BCUT2D eigenvalue weighted by Gasteiger charge is 2.17. The summed E-state index contributed by atoms with van der Waals surface area (Å²) in [5.74, 6) is 1.00. The van der Waals surface area contributed by atoms with Gasteiger partial charge in [-0.15, -0.1) is 0 Å². The van der Waals surface area contributed by atoms with Crippen LogP contribution in [0.4, 0.5) is 0 Å². The van der Waals surface area contributed by atoms with Crippen LogP contribution in [-0.4, -0.2) is 14.5 Å². The summed E-state index contributed by atoms with van der Waals surface area (Å²) in [6.45, 7) is 3.03. The van der Waals surface area contributed by atoms with Crippen LogP contribution in [0.25, 0.3) is 109 Å². The van der Waals surface area contributed by atoms with E-state index < -0.39 is 0 Å². The lowest BCUT2D eigenvalue weighted by Crippen LogP contribution is -1.97. The Morgan fingerprint density at radius 2 is 1.06 bits per heavy atom. The molecule has 238 valence electrons. The van der Waals surface area contributed by atoms with Crippen LogP contribution in [-0.2, 0) is 6.54 Å². The number of hydrogen-bond donors (Lipinski definition) is 0. The largest absolute Gasteiger partial charge is 0.324 e. The Balaban J connectivity index is 1.11. The Kier molecular flexibility index (Phi) is 5.94. The molecule has 2 heterocycles. The zero-order valence-corrected chi connectivity index (χ0v) is 28.1. The summed E-state index contributed by atoms with van der Waals surface area (Å²) >= 11 is 0. The van der Waals surface area contributed by atoms with E-state index in [9.17, 15) is 0 Å². The number of hydrogen-bond acceptors (Lipinski definition) is 2. The Labute approximate surface area is 294 Å². The predicted octanol–water partition coefficient (Wildman–Crippen LogP) is 12.8. The highest BCUT2D eigenvalue weighted by molar-refractivity contribution is 6.37. The molecule has 0 spiro atoms. The Morgan fingerprint density at radius 3 is 1.69 bits per heavy atom. The molecule has 0 bridgehead atoms. The molecule has 51 heavy (non-hydrogen) atoms. The number of benzene rings is 8. The molecule has 3 heteroatoms. The normalized spacial score (nSPS) is 12.1. The van der Waals surface area contributed by atoms with E-state index in [4.69, 9.17) is 9.97 Å². The molecule has 0 aliphatic heterocycles. The van der Waals surface area contributed by atoms with Crippen LogP contribution < -0.4 is 0 Å². The summed E-state index contributed by atoms with van der Waals surface area (Å²) in [6.07, 6.45) is 2.01. The van der Waals surface area contributed by atoms with Crippen LogP contribution in [0.2, 0.25) is 0 Å². The van der Waals surface area contributed by atoms with Crippen LogP contribution in [0.15, 0.2) is 158 Å². The minimum atomic E-state index is 0.858. The molecule has 0 amide bonds. The molecule has 9 aromatic carbocycles. The molecule has 0 N–H and O–H groups in total. The maximum Gasteiger partial charge on any atom is 0.141 e. The third-order valence-corrected chi connectivity index (χ3v) is 10.9. The second-order valence-corrected chi connectivity index (χ2v) is 13.6. The molecule has 0 atom stereocenters. The third kappa shape index (κ3) is 4.12. The molecule has 0 fully saturated rings. The van der Waals surface area contributed by atoms with Crippen molar-refractivity contribution in [2.24, 2.45) is 0 Å². The van der Waals surface area contributed by atoms with Crippen LogP contribution in [0.1, 0.15) is 6.92 Å². The average molecular weight is 650 g/mol. The molecule has 11 aromatic rings. The van der Waals surface area contributed by atoms with E-state index >= 15 is 0 Å². The van der Waals surface area contributed by atoms with Crippen LogP contribution >= 0.6 is 0 Å². The first-order valence-electron chi connectivity index (χ1n) is 17.7. The van der Waals surface area contributed by atoms with Crippen molar-refractivity contribution >= 4 is 75.7 Å². The Hall–Kier alpha value is -6.58. The first-order valence-corrected chi connectivity index (χ1v) is 17.7. The summed E-state index contributed by atoms with van der Waals surface area (Å²) < 4.78 is 2.29. The van der Waals surface area contributed by atoms with Crippen LogP contribution in [0.3, 0.4) is 0 Å². The molecule has 11 rings (SSSR count). The minimum Gasteiger partial charge on any atom is -0.324 e. The van der Waals surface area contributed by atoms with Crippen molar-refractivity contribution in [3.05, 3.63) is 158 Å². The van der Waals surface area contributed by atoms with Crippen molar-refractivity contribution in [1.82, 2.24) is 14.5 Å². The molecule has 0 aliphatic carbocycles. The molecule has 0 aliphatic rings. The fourth-order valence-electron chi connectivity index (χ4n) is 8.60. The highest BCUT2D eigenvalue weighted by atomic mass is 15.1. The van der Waals surface area contributed by atoms with Crippen molar-refractivity contribution < 1.29 is 0 Å². The van der Waals surface area contributed by atoms with E-state index in [1.165, 1.54) is 64.6 Å². The van der Waals surface area contributed by atoms with Crippen molar-refractivity contribution in [3.63, 3.8) is 0 Å². The molecular weight excluding hydrogens is 619 g/mol. The molecule has 0 saturated heterocycles. The van der Waals surface area contributed by atoms with Gasteiger partial charge in [0.25, 0.3) is 0 Å². The van der Waals surface area contributed by atoms with Crippen molar-refractivity contribution in [1.29, 1.82) is 0 Å². The molecule has 3 nitrogen and oxygen atoms in total. The van der Waals surface area contributed by atoms with E-state index in [1.807, 2.05) is 12.3 Å². The molecule has 0 unspecified atom stereocenters. The summed E-state index contributed by atoms with van der Waals surface area (Å²) in [4.78, 5) is 10.2. The second kappa shape index (κ2) is 10.7. The first kappa shape index (κ1) is 28.3. The van der Waals surface area contributed by atoms with Crippen molar-refractivity contribution in [3.8, 4) is 33.8 Å². The lowest BCUT2D eigenvalue weighted by Gasteiger charge is -2.17. The predicted molar refractivity (Wildman–Crippen MR) is 216 cm³/mol. The second-order valence-electron chi connectivity index (χ2n) is 13.6. The van der Waals surface area contributed by atoms with Gasteiger partial charge in [-0.05, 0) is 107 Å². The topological polar surface area (TPSA) is 30.7 Å². The van der Waals surface area contributed by atoms with Gasteiger partial charge in [0.1, 0.15) is 5.82 Å². The quantitative estimate of drug-likeness (QED) is 0.178. The monoisotopic (exact) mass is 649 g/mol. The van der Waals surface area contributed by atoms with Crippen molar-refractivity contribution in [2.45, 2.75) is 13.5 Å². The van der Waals surface area contributed by atoms with Crippen molar-refractivity contribution in [2.75, 3.05) is 0 Å². The van der Waals surface area contributed by atoms with Gasteiger partial charge < -0.3 is 4.57 Å². The summed E-state index contributed by atoms with van der Waals surface area (Å²) in [6, 6.07) is 55.4. The SMILES string of the molecule is CCn1c(-c2ccccc2)nc2cc(-c3ccc(-c4cc5ccc6cccc7c8cccc9ccc%10cccc(c(c4)c5c67)c%10c98)nc3)ccc21. The Bertz CT molecular complexity index is 3150. The van der Waals surface area contributed by atoms with E-state index in [2.05, 4.69) is 157 Å². The fraction of sp³-hybridized carbons (Fsp3) is 0.0417. The lowest BCUT2D eigenvalue weighted by molar-refractivity contribution is 0.796. The van der Waals surface area contributed by atoms with E-state index in [0.717, 1.165) is 51.4 Å². The molecule has 2 aromatic heterocycles. The van der Waals surface area contributed by atoms with Gasteiger partial charge in [0.2, 0.25) is 0 Å². The number of rotatable bonds is 4. The number of fused-ring (bicyclic) bond motifs is 3. The molecular formula is C48H31N3. The van der Waals surface area contributed by atoms with Gasteiger partial charge in [-0.1, -0.05) is 121 Å². The zero-order chi connectivity index (χ0) is 33.6. The zero-order valence-electron chi connectivity index (χ0n) is 28.1. The summed E-state index contributed by atoms with van der Waals surface area (Å²) in [5.41, 5.74) is 7.53. The van der Waals surface area contributed by atoms with Gasteiger partial charge in [0.15, 0.2) is 0 Å². The smallest absolute Gasteiger partial charge is 0.141 e. The fourth-order valence-corrected chi connectivity index (χ4v) is 8.60. The van der Waals surface area contributed by atoms with Crippen LogP contribution in [0, 0.1) is 0 Å². The maximum atomic E-state index is 5.09. The third-order valence-electron chi connectivity index (χ3n) is 10.9.